The molecule has 1 aromatic carbocycles. The van der Waals surface area contributed by atoms with E-state index >= 15 is 0 Å². The van der Waals surface area contributed by atoms with Crippen molar-refractivity contribution >= 4 is 11.8 Å². The zero-order chi connectivity index (χ0) is 18.5. The Morgan fingerprint density at radius 1 is 0.962 bits per heavy atom. The maximum absolute atomic E-state index is 12.7. The molecule has 5 nitrogen and oxygen atoms in total. The number of piperazine rings is 1. The van der Waals surface area contributed by atoms with Crippen molar-refractivity contribution in [2.24, 2.45) is 11.8 Å². The smallest absolute Gasteiger partial charge is 0.225 e. The molecule has 2 amide bonds. The van der Waals surface area contributed by atoms with Gasteiger partial charge in [0.2, 0.25) is 11.8 Å². The first kappa shape index (κ1) is 18.9. The van der Waals surface area contributed by atoms with Crippen molar-refractivity contribution in [3.8, 4) is 0 Å². The van der Waals surface area contributed by atoms with Gasteiger partial charge in [0.25, 0.3) is 0 Å². The van der Waals surface area contributed by atoms with Crippen LogP contribution < -0.4 is 5.32 Å². The topological polar surface area (TPSA) is 52.7 Å². The lowest BCUT2D eigenvalue weighted by Crippen LogP contribution is -2.49. The first-order valence-electron chi connectivity index (χ1n) is 9.87. The average Bonchev–Trinajstić information content (AvgIpc) is 2.69. The normalized spacial score (nSPS) is 25.5. The lowest BCUT2D eigenvalue weighted by atomic mass is 9.80. The second kappa shape index (κ2) is 8.67. The summed E-state index contributed by atoms with van der Waals surface area (Å²) in [6, 6.07) is 10.1. The fraction of sp³-hybridized carbons (Fsp3) is 0.619. The van der Waals surface area contributed by atoms with Gasteiger partial charge in [-0.2, -0.15) is 0 Å². The zero-order valence-corrected chi connectivity index (χ0v) is 16.0. The van der Waals surface area contributed by atoms with Crippen LogP contribution in [-0.2, 0) is 9.59 Å². The van der Waals surface area contributed by atoms with E-state index in [1.807, 2.05) is 42.2 Å². The number of hydrogen-bond donors (Lipinski definition) is 1. The lowest BCUT2D eigenvalue weighted by molar-refractivity contribution is -0.139. The van der Waals surface area contributed by atoms with Crippen LogP contribution in [0.3, 0.4) is 0 Å². The highest BCUT2D eigenvalue weighted by atomic mass is 16.2. The van der Waals surface area contributed by atoms with Crippen LogP contribution in [0.25, 0.3) is 0 Å². The van der Waals surface area contributed by atoms with Crippen molar-refractivity contribution in [3.63, 3.8) is 0 Å². The summed E-state index contributed by atoms with van der Waals surface area (Å²) in [7, 11) is 2.10. The van der Waals surface area contributed by atoms with Gasteiger partial charge in [0.05, 0.1) is 6.04 Å². The maximum atomic E-state index is 12.7. The molecule has 3 rings (SSSR count). The largest absolute Gasteiger partial charge is 0.349 e. The second-order valence-electron chi connectivity index (χ2n) is 7.82. The molecule has 1 aromatic rings. The van der Waals surface area contributed by atoms with Gasteiger partial charge in [0, 0.05) is 38.0 Å². The molecule has 5 heteroatoms. The van der Waals surface area contributed by atoms with E-state index in [0.29, 0.717) is 5.91 Å². The van der Waals surface area contributed by atoms with Gasteiger partial charge in [-0.3, -0.25) is 9.59 Å². The number of carbonyl (C=O) groups excluding carboxylic acids is 2. The van der Waals surface area contributed by atoms with E-state index < -0.39 is 0 Å². The fourth-order valence-electron chi connectivity index (χ4n) is 4.04. The van der Waals surface area contributed by atoms with Gasteiger partial charge in [-0.1, -0.05) is 30.3 Å². The van der Waals surface area contributed by atoms with Crippen molar-refractivity contribution in [2.75, 3.05) is 33.2 Å². The third-order valence-electron chi connectivity index (χ3n) is 5.92. The quantitative estimate of drug-likeness (QED) is 0.900. The molecule has 1 heterocycles. The summed E-state index contributed by atoms with van der Waals surface area (Å²) in [4.78, 5) is 29.6. The Labute approximate surface area is 156 Å². The standard InChI is InChI=1S/C21H31N3O2/c1-16(17-6-4-3-5-7-17)22-20(25)18-8-10-19(11-9-18)21(26)24-14-12-23(2)13-15-24/h3-7,16,18-19H,8-15H2,1-2H3,(H,22,25). The van der Waals surface area contributed by atoms with Crippen molar-refractivity contribution in [1.82, 2.24) is 15.1 Å². The van der Waals surface area contributed by atoms with E-state index in [9.17, 15) is 9.59 Å². The molecular weight excluding hydrogens is 326 g/mol. The predicted molar refractivity (Wildman–Crippen MR) is 103 cm³/mol. The molecule has 26 heavy (non-hydrogen) atoms. The van der Waals surface area contributed by atoms with Crippen molar-refractivity contribution in [2.45, 2.75) is 38.6 Å². The Bertz CT molecular complexity index is 603. The van der Waals surface area contributed by atoms with Crippen LogP contribution >= 0.6 is 0 Å². The highest BCUT2D eigenvalue weighted by Gasteiger charge is 2.33. The second-order valence-corrected chi connectivity index (χ2v) is 7.82. The molecule has 0 bridgehead atoms. The Balaban J connectivity index is 1.45. The van der Waals surface area contributed by atoms with Crippen LogP contribution in [0, 0.1) is 11.8 Å². The van der Waals surface area contributed by atoms with Gasteiger partial charge in [-0.15, -0.1) is 0 Å². The number of nitrogens with zero attached hydrogens (tertiary/aromatic N) is 2. The minimum atomic E-state index is 0.0217. The van der Waals surface area contributed by atoms with E-state index in [0.717, 1.165) is 57.4 Å². The van der Waals surface area contributed by atoms with E-state index in [1.165, 1.54) is 0 Å². The number of carbonyl (C=O) groups is 2. The number of nitrogens with one attached hydrogen (secondary N) is 1. The van der Waals surface area contributed by atoms with Gasteiger partial charge < -0.3 is 15.1 Å². The molecular formula is C21H31N3O2. The molecule has 1 aliphatic heterocycles. The summed E-state index contributed by atoms with van der Waals surface area (Å²) in [5.74, 6) is 0.577. The average molecular weight is 357 g/mol. The Morgan fingerprint density at radius 3 is 2.15 bits per heavy atom. The first-order chi connectivity index (χ1) is 12.5. The van der Waals surface area contributed by atoms with E-state index in [1.54, 1.807) is 0 Å². The summed E-state index contributed by atoms with van der Waals surface area (Å²) in [5, 5.41) is 3.14. The number of likely N-dealkylation sites (N-methyl/N-ethyl adjacent to an activating group) is 1. The fourth-order valence-corrected chi connectivity index (χ4v) is 4.04. The number of rotatable bonds is 4. The molecule has 1 saturated heterocycles. The molecule has 2 aliphatic rings. The number of amides is 2. The Morgan fingerprint density at radius 2 is 1.54 bits per heavy atom. The van der Waals surface area contributed by atoms with Crippen LogP contribution in [0.1, 0.15) is 44.2 Å². The molecule has 1 unspecified atom stereocenters. The minimum Gasteiger partial charge on any atom is -0.349 e. The summed E-state index contributed by atoms with van der Waals surface area (Å²) in [6.07, 6.45) is 3.31. The molecule has 0 spiro atoms. The highest BCUT2D eigenvalue weighted by Crippen LogP contribution is 2.31. The highest BCUT2D eigenvalue weighted by molar-refractivity contribution is 5.81. The summed E-state index contributed by atoms with van der Waals surface area (Å²) in [6.45, 7) is 5.62. The Kier molecular flexibility index (Phi) is 6.30. The van der Waals surface area contributed by atoms with Crippen molar-refractivity contribution < 1.29 is 9.59 Å². The van der Waals surface area contributed by atoms with Crippen LogP contribution in [-0.4, -0.2) is 54.8 Å². The maximum Gasteiger partial charge on any atom is 0.225 e. The van der Waals surface area contributed by atoms with Gasteiger partial charge >= 0.3 is 0 Å². The Hall–Kier alpha value is -1.88. The SMILES string of the molecule is CC(NC(=O)C1CCC(C(=O)N2CCN(C)CC2)CC1)c1ccccc1. The molecule has 2 fully saturated rings. The van der Waals surface area contributed by atoms with E-state index in [4.69, 9.17) is 0 Å². The molecule has 1 saturated carbocycles. The van der Waals surface area contributed by atoms with Gasteiger partial charge in [0.15, 0.2) is 0 Å². The lowest BCUT2D eigenvalue weighted by Gasteiger charge is -2.36. The minimum absolute atomic E-state index is 0.0217. The van der Waals surface area contributed by atoms with Gasteiger partial charge in [0.1, 0.15) is 0 Å². The van der Waals surface area contributed by atoms with Crippen LogP contribution in [0.5, 0.6) is 0 Å². The summed E-state index contributed by atoms with van der Waals surface area (Å²) >= 11 is 0. The summed E-state index contributed by atoms with van der Waals surface area (Å²) < 4.78 is 0. The van der Waals surface area contributed by atoms with Crippen LogP contribution in [0.4, 0.5) is 0 Å². The molecule has 1 atom stereocenters. The molecule has 142 valence electrons. The third kappa shape index (κ3) is 4.64. The van der Waals surface area contributed by atoms with Gasteiger partial charge in [-0.05, 0) is 45.2 Å². The first-order valence-corrected chi connectivity index (χ1v) is 9.87. The summed E-state index contributed by atoms with van der Waals surface area (Å²) in [5.41, 5.74) is 1.12. The van der Waals surface area contributed by atoms with E-state index in [-0.39, 0.29) is 23.8 Å². The van der Waals surface area contributed by atoms with Crippen molar-refractivity contribution in [1.29, 1.82) is 0 Å². The predicted octanol–water partition coefficient (Wildman–Crippen LogP) is 2.44. The number of hydrogen-bond acceptors (Lipinski definition) is 3. The van der Waals surface area contributed by atoms with Crippen LogP contribution in [0.15, 0.2) is 30.3 Å². The molecule has 1 N–H and O–H groups in total. The molecule has 1 aliphatic carbocycles. The molecule has 0 aromatic heterocycles. The van der Waals surface area contributed by atoms with Crippen LogP contribution in [0.2, 0.25) is 0 Å². The van der Waals surface area contributed by atoms with Crippen molar-refractivity contribution in [3.05, 3.63) is 35.9 Å². The third-order valence-corrected chi connectivity index (χ3v) is 5.92. The zero-order valence-electron chi connectivity index (χ0n) is 16.0. The number of benzene rings is 1. The van der Waals surface area contributed by atoms with Gasteiger partial charge in [-0.25, -0.2) is 0 Å². The van der Waals surface area contributed by atoms with E-state index in [2.05, 4.69) is 17.3 Å². The molecule has 0 radical (unpaired) electrons. The monoisotopic (exact) mass is 357 g/mol.